The van der Waals surface area contributed by atoms with Crippen molar-refractivity contribution in [3.05, 3.63) is 90.5 Å². The summed E-state index contributed by atoms with van der Waals surface area (Å²) < 4.78 is 5.81. The first-order valence-corrected chi connectivity index (χ1v) is 8.24. The molecule has 0 saturated carbocycles. The molecule has 4 heteroatoms. The quantitative estimate of drug-likeness (QED) is 0.699. The van der Waals surface area contributed by atoms with Gasteiger partial charge in [-0.2, -0.15) is 0 Å². The second-order valence-electron chi connectivity index (χ2n) is 5.81. The molecule has 0 saturated heterocycles. The number of rotatable bonds is 4. The molecule has 1 atom stereocenters. The molecule has 3 aromatic rings. The molecule has 0 aliphatic carbocycles. The number of nitrogens with one attached hydrogen (secondary N) is 1. The second kappa shape index (κ2) is 7.09. The smallest absolute Gasteiger partial charge is 0.159 e. The topological polar surface area (TPSA) is 42.9 Å². The van der Waals surface area contributed by atoms with E-state index in [9.17, 15) is 0 Å². The maximum absolute atomic E-state index is 5.81. The highest BCUT2D eigenvalue weighted by molar-refractivity contribution is 5.96. The third-order valence-corrected chi connectivity index (χ3v) is 3.96. The highest BCUT2D eigenvalue weighted by Crippen LogP contribution is 2.30. The second-order valence-corrected chi connectivity index (χ2v) is 5.81. The van der Waals surface area contributed by atoms with Crippen molar-refractivity contribution in [1.29, 1.82) is 0 Å². The molecule has 0 bridgehead atoms. The van der Waals surface area contributed by atoms with Crippen molar-refractivity contribution in [3.63, 3.8) is 0 Å². The molecule has 1 aliphatic rings. The average Bonchev–Trinajstić information content (AvgIpc) is 3.12. The van der Waals surface area contributed by atoms with Crippen LogP contribution in [0.3, 0.4) is 0 Å². The van der Waals surface area contributed by atoms with E-state index in [4.69, 9.17) is 9.57 Å². The van der Waals surface area contributed by atoms with Gasteiger partial charge in [-0.05, 0) is 42.0 Å². The van der Waals surface area contributed by atoms with Crippen molar-refractivity contribution < 1.29 is 9.57 Å². The fraction of sp³-hybridized carbons (Fsp3) is 0.0952. The Morgan fingerprint density at radius 2 is 1.44 bits per heavy atom. The van der Waals surface area contributed by atoms with E-state index in [0.29, 0.717) is 6.42 Å². The van der Waals surface area contributed by atoms with Crippen molar-refractivity contribution in [2.45, 2.75) is 12.5 Å². The number of anilines is 1. The van der Waals surface area contributed by atoms with Gasteiger partial charge in [0, 0.05) is 5.69 Å². The van der Waals surface area contributed by atoms with Gasteiger partial charge in [0.15, 0.2) is 11.9 Å². The molecule has 0 amide bonds. The van der Waals surface area contributed by atoms with E-state index >= 15 is 0 Å². The number of oxime groups is 1. The number of benzene rings is 3. The van der Waals surface area contributed by atoms with Crippen LogP contribution in [0.4, 0.5) is 5.69 Å². The third kappa shape index (κ3) is 3.80. The molecule has 1 aliphatic heterocycles. The number of para-hydroxylation sites is 2. The monoisotopic (exact) mass is 330 g/mol. The molecule has 25 heavy (non-hydrogen) atoms. The van der Waals surface area contributed by atoms with Crippen molar-refractivity contribution in [2.75, 3.05) is 5.32 Å². The summed E-state index contributed by atoms with van der Waals surface area (Å²) in [5.41, 5.74) is 2.09. The lowest BCUT2D eigenvalue weighted by Crippen LogP contribution is -2.10. The molecule has 3 aromatic carbocycles. The van der Waals surface area contributed by atoms with E-state index in [-0.39, 0.29) is 6.10 Å². The lowest BCUT2D eigenvalue weighted by Gasteiger charge is -2.10. The van der Waals surface area contributed by atoms with Gasteiger partial charge in [-0.1, -0.05) is 53.7 Å². The Balaban J connectivity index is 1.37. The van der Waals surface area contributed by atoms with Crippen molar-refractivity contribution in [1.82, 2.24) is 0 Å². The van der Waals surface area contributed by atoms with Crippen molar-refractivity contribution in [2.24, 2.45) is 5.16 Å². The Bertz CT molecular complexity index is 846. The predicted octanol–water partition coefficient (Wildman–Crippen LogP) is 5.37. The van der Waals surface area contributed by atoms with E-state index in [1.807, 2.05) is 84.9 Å². The molecule has 1 heterocycles. The number of ether oxygens (including phenoxy) is 1. The first kappa shape index (κ1) is 15.3. The van der Waals surface area contributed by atoms with Crippen LogP contribution in [0, 0.1) is 0 Å². The molecule has 124 valence electrons. The van der Waals surface area contributed by atoms with Gasteiger partial charge < -0.3 is 14.9 Å². The minimum atomic E-state index is -0.0722. The van der Waals surface area contributed by atoms with Crippen LogP contribution < -0.4 is 10.1 Å². The van der Waals surface area contributed by atoms with Gasteiger partial charge in [-0.15, -0.1) is 0 Å². The highest BCUT2D eigenvalue weighted by atomic mass is 16.6. The summed E-state index contributed by atoms with van der Waals surface area (Å²) in [6.07, 6.45) is 0.644. The van der Waals surface area contributed by atoms with E-state index in [1.165, 1.54) is 0 Å². The van der Waals surface area contributed by atoms with Crippen LogP contribution in [0.1, 0.15) is 18.1 Å². The van der Waals surface area contributed by atoms with Crippen molar-refractivity contribution in [3.8, 4) is 11.5 Å². The molecule has 0 fully saturated rings. The van der Waals surface area contributed by atoms with Crippen LogP contribution in [-0.4, -0.2) is 5.84 Å². The molecule has 0 unspecified atom stereocenters. The molecule has 0 spiro atoms. The van der Waals surface area contributed by atoms with Gasteiger partial charge >= 0.3 is 0 Å². The Morgan fingerprint density at radius 1 is 0.800 bits per heavy atom. The lowest BCUT2D eigenvalue weighted by molar-refractivity contribution is 0.0857. The van der Waals surface area contributed by atoms with Gasteiger partial charge in [-0.3, -0.25) is 0 Å². The Morgan fingerprint density at radius 3 is 2.16 bits per heavy atom. The largest absolute Gasteiger partial charge is 0.457 e. The van der Waals surface area contributed by atoms with Gasteiger partial charge in [0.2, 0.25) is 0 Å². The number of nitrogens with zero attached hydrogens (tertiary/aromatic N) is 1. The van der Waals surface area contributed by atoms with Crippen LogP contribution in [0.25, 0.3) is 0 Å². The number of hydrogen-bond donors (Lipinski definition) is 1. The molecule has 0 radical (unpaired) electrons. The summed E-state index contributed by atoms with van der Waals surface area (Å²) in [6, 6.07) is 27.7. The van der Waals surface area contributed by atoms with Crippen LogP contribution >= 0.6 is 0 Å². The van der Waals surface area contributed by atoms with Gasteiger partial charge in [0.1, 0.15) is 11.5 Å². The predicted molar refractivity (Wildman–Crippen MR) is 98.9 cm³/mol. The molecular weight excluding hydrogens is 312 g/mol. The Hall–Kier alpha value is -3.27. The zero-order valence-electron chi connectivity index (χ0n) is 13.6. The molecular formula is C21H18N2O2. The summed E-state index contributed by atoms with van der Waals surface area (Å²) in [5, 5.41) is 7.44. The van der Waals surface area contributed by atoms with Gasteiger partial charge in [0.05, 0.1) is 6.42 Å². The lowest BCUT2D eigenvalue weighted by atomic mass is 10.1. The van der Waals surface area contributed by atoms with Crippen LogP contribution in [0.2, 0.25) is 0 Å². The first-order chi connectivity index (χ1) is 12.4. The normalized spacial score (nSPS) is 16.0. The Kier molecular flexibility index (Phi) is 4.33. The summed E-state index contributed by atoms with van der Waals surface area (Å²) in [4.78, 5) is 5.57. The SMILES string of the molecule is c1ccc(NC2=NO[C@@H](c3ccc(Oc4ccccc4)cc3)C2)cc1. The average molecular weight is 330 g/mol. The maximum Gasteiger partial charge on any atom is 0.159 e. The minimum Gasteiger partial charge on any atom is -0.457 e. The number of amidine groups is 1. The summed E-state index contributed by atoms with van der Waals surface area (Å²) in [7, 11) is 0. The minimum absolute atomic E-state index is 0.0722. The van der Waals surface area contributed by atoms with Gasteiger partial charge in [-0.25, -0.2) is 0 Å². The standard InChI is InChI=1S/C21H18N2O2/c1-3-7-17(8-4-1)22-21-15-20(25-23-21)16-11-13-19(14-12-16)24-18-9-5-2-6-10-18/h1-14,20H,15H2,(H,22,23)/t20-/m1/s1. The van der Waals surface area contributed by atoms with Crippen LogP contribution in [0.15, 0.2) is 90.1 Å². The fourth-order valence-electron chi connectivity index (χ4n) is 2.69. The molecule has 4 rings (SSSR count). The van der Waals surface area contributed by atoms with Crippen LogP contribution in [-0.2, 0) is 4.84 Å². The first-order valence-electron chi connectivity index (χ1n) is 8.24. The van der Waals surface area contributed by atoms with E-state index < -0.39 is 0 Å². The maximum atomic E-state index is 5.81. The van der Waals surface area contributed by atoms with Gasteiger partial charge in [0.25, 0.3) is 0 Å². The van der Waals surface area contributed by atoms with Crippen LogP contribution in [0.5, 0.6) is 11.5 Å². The highest BCUT2D eigenvalue weighted by Gasteiger charge is 2.23. The fourth-order valence-corrected chi connectivity index (χ4v) is 2.69. The molecule has 0 aromatic heterocycles. The van der Waals surface area contributed by atoms with E-state index in [1.54, 1.807) is 0 Å². The van der Waals surface area contributed by atoms with Crippen molar-refractivity contribution >= 4 is 11.5 Å². The molecule has 4 nitrogen and oxygen atoms in total. The zero-order valence-corrected chi connectivity index (χ0v) is 13.6. The van der Waals surface area contributed by atoms with E-state index in [2.05, 4.69) is 10.5 Å². The summed E-state index contributed by atoms with van der Waals surface area (Å²) in [5.74, 6) is 2.46. The van der Waals surface area contributed by atoms with E-state index in [0.717, 1.165) is 28.6 Å². The molecule has 1 N–H and O–H groups in total. The summed E-state index contributed by atoms with van der Waals surface area (Å²) >= 11 is 0. The summed E-state index contributed by atoms with van der Waals surface area (Å²) in [6.45, 7) is 0. The zero-order chi connectivity index (χ0) is 16.9. The third-order valence-electron chi connectivity index (χ3n) is 3.96. The number of hydrogen-bond acceptors (Lipinski definition) is 4. The Labute approximate surface area is 146 Å².